The number of hydrogen-bond acceptors (Lipinski definition) is 3. The summed E-state index contributed by atoms with van der Waals surface area (Å²) in [6.07, 6.45) is 2.82. The lowest BCUT2D eigenvalue weighted by Crippen LogP contribution is -2.41. The molecular formula is C14H17ClN2O2S. The number of amides is 1. The van der Waals surface area contributed by atoms with Gasteiger partial charge in [0, 0.05) is 17.0 Å². The van der Waals surface area contributed by atoms with E-state index in [1.54, 1.807) is 18.2 Å². The third-order valence-electron chi connectivity index (χ3n) is 3.60. The minimum absolute atomic E-state index is 0.0105. The van der Waals surface area contributed by atoms with Crippen LogP contribution in [0.1, 0.15) is 29.6 Å². The second-order valence-corrected chi connectivity index (χ2v) is 5.77. The van der Waals surface area contributed by atoms with Crippen LogP contribution < -0.4 is 15.8 Å². The Labute approximate surface area is 128 Å². The number of carbonyl (C=O) groups excluding carboxylic acids is 1. The van der Waals surface area contributed by atoms with E-state index in [9.17, 15) is 4.79 Å². The van der Waals surface area contributed by atoms with Gasteiger partial charge in [0.15, 0.2) is 0 Å². The van der Waals surface area contributed by atoms with Crippen LogP contribution in [0.3, 0.4) is 0 Å². The first-order valence-corrected chi connectivity index (χ1v) is 7.25. The van der Waals surface area contributed by atoms with Crippen molar-refractivity contribution in [2.45, 2.75) is 25.3 Å². The van der Waals surface area contributed by atoms with Crippen LogP contribution in [-0.4, -0.2) is 24.0 Å². The van der Waals surface area contributed by atoms with Crippen LogP contribution in [0.15, 0.2) is 18.2 Å². The molecular weight excluding hydrogens is 296 g/mol. The molecule has 3 N–H and O–H groups in total. The summed E-state index contributed by atoms with van der Waals surface area (Å²) in [7, 11) is 1.52. The fraction of sp³-hybridized carbons (Fsp3) is 0.429. The van der Waals surface area contributed by atoms with Crippen molar-refractivity contribution in [3.63, 3.8) is 0 Å². The Bertz CT molecular complexity index is 536. The molecule has 0 bridgehead atoms. The number of carbonyl (C=O) groups is 1. The third kappa shape index (κ3) is 3.22. The predicted octanol–water partition coefficient (Wildman–Crippen LogP) is 2.53. The molecule has 1 saturated carbocycles. The zero-order chi connectivity index (χ0) is 14.7. The molecule has 0 radical (unpaired) electrons. The molecule has 20 heavy (non-hydrogen) atoms. The fourth-order valence-corrected chi connectivity index (χ4v) is 3.03. The van der Waals surface area contributed by atoms with Gasteiger partial charge >= 0.3 is 0 Å². The van der Waals surface area contributed by atoms with Gasteiger partial charge in [-0.2, -0.15) is 0 Å². The number of ether oxygens (including phenoxy) is 1. The normalized spacial score (nSPS) is 21.5. The van der Waals surface area contributed by atoms with Crippen molar-refractivity contribution in [1.82, 2.24) is 5.32 Å². The van der Waals surface area contributed by atoms with Gasteiger partial charge in [-0.15, -0.1) is 0 Å². The largest absolute Gasteiger partial charge is 0.496 e. The van der Waals surface area contributed by atoms with Gasteiger partial charge in [-0.25, -0.2) is 0 Å². The first-order chi connectivity index (χ1) is 9.52. The van der Waals surface area contributed by atoms with Crippen molar-refractivity contribution in [3.8, 4) is 5.75 Å². The molecule has 6 heteroatoms. The highest BCUT2D eigenvalue weighted by Gasteiger charge is 2.31. The summed E-state index contributed by atoms with van der Waals surface area (Å²) in [4.78, 5) is 12.8. The number of thiocarbonyl (C=S) groups is 1. The minimum atomic E-state index is -0.211. The van der Waals surface area contributed by atoms with Crippen LogP contribution in [0.4, 0.5) is 0 Å². The second-order valence-electron chi connectivity index (χ2n) is 4.86. The van der Waals surface area contributed by atoms with Crippen LogP contribution in [0.25, 0.3) is 0 Å². The van der Waals surface area contributed by atoms with Gasteiger partial charge in [-0.3, -0.25) is 4.79 Å². The maximum absolute atomic E-state index is 12.4. The molecule has 0 aromatic heterocycles. The summed E-state index contributed by atoms with van der Waals surface area (Å²) in [6.45, 7) is 0. The average Bonchev–Trinajstić information content (AvgIpc) is 2.87. The van der Waals surface area contributed by atoms with Crippen molar-refractivity contribution in [2.24, 2.45) is 11.7 Å². The van der Waals surface area contributed by atoms with Crippen molar-refractivity contribution >= 4 is 34.7 Å². The minimum Gasteiger partial charge on any atom is -0.496 e. The zero-order valence-corrected chi connectivity index (χ0v) is 12.8. The van der Waals surface area contributed by atoms with E-state index in [4.69, 9.17) is 34.3 Å². The third-order valence-corrected chi connectivity index (χ3v) is 4.14. The van der Waals surface area contributed by atoms with E-state index in [2.05, 4.69) is 5.32 Å². The van der Waals surface area contributed by atoms with Gasteiger partial charge < -0.3 is 15.8 Å². The summed E-state index contributed by atoms with van der Waals surface area (Å²) in [5, 5.41) is 3.48. The van der Waals surface area contributed by atoms with E-state index in [1.165, 1.54) is 7.11 Å². The highest BCUT2D eigenvalue weighted by atomic mass is 35.5. The van der Waals surface area contributed by atoms with Gasteiger partial charge in [0.05, 0.1) is 17.7 Å². The van der Waals surface area contributed by atoms with Gasteiger partial charge in [0.1, 0.15) is 5.75 Å². The first-order valence-electron chi connectivity index (χ1n) is 6.46. The Morgan fingerprint density at radius 2 is 2.25 bits per heavy atom. The van der Waals surface area contributed by atoms with Crippen molar-refractivity contribution in [1.29, 1.82) is 0 Å². The Hall–Kier alpha value is -1.33. The zero-order valence-electron chi connectivity index (χ0n) is 11.2. The molecule has 0 saturated heterocycles. The summed E-state index contributed by atoms with van der Waals surface area (Å²) >= 11 is 11.0. The monoisotopic (exact) mass is 312 g/mol. The fourth-order valence-electron chi connectivity index (χ4n) is 2.58. The van der Waals surface area contributed by atoms with E-state index < -0.39 is 0 Å². The standard InChI is InChI=1S/C14H17ClN2O2S/c1-19-12-6-5-8(15)7-10(12)14(18)17-11-4-2-3-9(11)13(16)20/h5-7,9,11H,2-4H2,1H3,(H2,16,20)(H,17,18). The molecule has 1 fully saturated rings. The average molecular weight is 313 g/mol. The van der Waals surface area contributed by atoms with E-state index in [0.717, 1.165) is 19.3 Å². The lowest BCUT2D eigenvalue weighted by atomic mass is 10.0. The van der Waals surface area contributed by atoms with E-state index in [0.29, 0.717) is 21.3 Å². The molecule has 0 aliphatic heterocycles. The summed E-state index contributed by atoms with van der Waals surface area (Å²) in [5.41, 5.74) is 6.14. The molecule has 1 aromatic carbocycles. The molecule has 108 valence electrons. The topological polar surface area (TPSA) is 64.3 Å². The first kappa shape index (κ1) is 15.1. The lowest BCUT2D eigenvalue weighted by molar-refractivity contribution is 0.0931. The van der Waals surface area contributed by atoms with Crippen molar-refractivity contribution in [2.75, 3.05) is 7.11 Å². The van der Waals surface area contributed by atoms with Crippen LogP contribution in [0.5, 0.6) is 5.75 Å². The van der Waals surface area contributed by atoms with Gasteiger partial charge in [0.2, 0.25) is 0 Å². The molecule has 4 nitrogen and oxygen atoms in total. The van der Waals surface area contributed by atoms with Gasteiger partial charge in [-0.1, -0.05) is 30.2 Å². The SMILES string of the molecule is COc1ccc(Cl)cc1C(=O)NC1CCCC1C(N)=S. The number of hydrogen-bond donors (Lipinski definition) is 2. The Morgan fingerprint density at radius 3 is 2.90 bits per heavy atom. The van der Waals surface area contributed by atoms with Crippen molar-refractivity contribution in [3.05, 3.63) is 28.8 Å². The summed E-state index contributed by atoms with van der Waals surface area (Å²) in [6, 6.07) is 4.95. The lowest BCUT2D eigenvalue weighted by Gasteiger charge is -2.20. The van der Waals surface area contributed by atoms with Gasteiger partial charge in [0.25, 0.3) is 5.91 Å². The molecule has 1 aliphatic carbocycles. The highest BCUT2D eigenvalue weighted by molar-refractivity contribution is 7.80. The van der Waals surface area contributed by atoms with Crippen LogP contribution in [0.2, 0.25) is 5.02 Å². The quantitative estimate of drug-likeness (QED) is 0.839. The Kier molecular flexibility index (Phi) is 4.83. The number of nitrogens with one attached hydrogen (secondary N) is 1. The molecule has 1 aliphatic rings. The summed E-state index contributed by atoms with van der Waals surface area (Å²) < 4.78 is 5.19. The maximum Gasteiger partial charge on any atom is 0.255 e. The number of rotatable bonds is 4. The van der Waals surface area contributed by atoms with E-state index >= 15 is 0 Å². The van der Waals surface area contributed by atoms with Gasteiger partial charge in [-0.05, 0) is 31.0 Å². The highest BCUT2D eigenvalue weighted by Crippen LogP contribution is 2.28. The molecule has 1 amide bonds. The maximum atomic E-state index is 12.4. The molecule has 0 heterocycles. The Morgan fingerprint density at radius 1 is 1.50 bits per heavy atom. The van der Waals surface area contributed by atoms with Crippen molar-refractivity contribution < 1.29 is 9.53 Å². The molecule has 2 rings (SSSR count). The second kappa shape index (κ2) is 6.41. The Balaban J connectivity index is 2.16. The number of methoxy groups -OCH3 is 1. The van der Waals surface area contributed by atoms with Crippen LogP contribution >= 0.6 is 23.8 Å². The molecule has 0 spiro atoms. The number of halogens is 1. The number of benzene rings is 1. The van der Waals surface area contributed by atoms with Crippen LogP contribution in [-0.2, 0) is 0 Å². The van der Waals surface area contributed by atoms with E-state index in [-0.39, 0.29) is 17.9 Å². The smallest absolute Gasteiger partial charge is 0.255 e. The van der Waals surface area contributed by atoms with E-state index in [1.807, 2.05) is 0 Å². The van der Waals surface area contributed by atoms with Crippen LogP contribution in [0, 0.1) is 5.92 Å². The molecule has 2 unspecified atom stereocenters. The summed E-state index contributed by atoms with van der Waals surface area (Å²) in [5.74, 6) is 0.355. The number of nitrogens with two attached hydrogens (primary N) is 1. The molecule has 1 aromatic rings. The molecule has 2 atom stereocenters. The predicted molar refractivity (Wildman–Crippen MR) is 83.4 cm³/mol.